The molecule has 1 aromatic carbocycles. The standard InChI is InChI=1S/C19H19ClFNO6/c1-9-14(17(23)26-3)16(15(10(2)22-9)18(24)27-4)19(25)28-8-11-12(20)6-5-7-13(11)21/h5-7,14,16H,8H2,1-4H3/t14?,16-/m0/s1. The molecule has 0 spiro atoms. The second-order valence-corrected chi connectivity index (χ2v) is 6.44. The summed E-state index contributed by atoms with van der Waals surface area (Å²) in [6.07, 6.45) is 0. The Hall–Kier alpha value is -2.74. The van der Waals surface area contributed by atoms with Gasteiger partial charge in [-0.25, -0.2) is 9.18 Å². The molecular weight excluding hydrogens is 393 g/mol. The number of carbonyl (C=O) groups is 3. The van der Waals surface area contributed by atoms with Crippen LogP contribution in [0.5, 0.6) is 0 Å². The smallest absolute Gasteiger partial charge is 0.336 e. The molecule has 1 aromatic rings. The molecule has 1 unspecified atom stereocenters. The first-order chi connectivity index (χ1) is 13.2. The van der Waals surface area contributed by atoms with Gasteiger partial charge in [0, 0.05) is 17.0 Å². The third-order valence-corrected chi connectivity index (χ3v) is 4.72. The van der Waals surface area contributed by atoms with Gasteiger partial charge in [-0.1, -0.05) is 17.7 Å². The summed E-state index contributed by atoms with van der Waals surface area (Å²) in [5.74, 6) is -5.68. The largest absolute Gasteiger partial charge is 0.468 e. The summed E-state index contributed by atoms with van der Waals surface area (Å²) < 4.78 is 28.6. The zero-order valence-corrected chi connectivity index (χ0v) is 16.5. The van der Waals surface area contributed by atoms with E-state index in [4.69, 9.17) is 25.8 Å². The molecule has 0 aliphatic carbocycles. The molecule has 0 aromatic heterocycles. The number of hydrogen-bond donors (Lipinski definition) is 0. The van der Waals surface area contributed by atoms with Gasteiger partial charge in [0.15, 0.2) is 0 Å². The topological polar surface area (TPSA) is 91.3 Å². The lowest BCUT2D eigenvalue weighted by molar-refractivity contribution is -0.157. The number of hydrogen-bond acceptors (Lipinski definition) is 7. The molecule has 0 amide bonds. The van der Waals surface area contributed by atoms with Gasteiger partial charge in [-0.2, -0.15) is 0 Å². The van der Waals surface area contributed by atoms with Crippen LogP contribution in [0, 0.1) is 17.7 Å². The van der Waals surface area contributed by atoms with E-state index in [2.05, 4.69) is 4.99 Å². The second-order valence-electron chi connectivity index (χ2n) is 6.03. The molecule has 2 atom stereocenters. The van der Waals surface area contributed by atoms with Crippen LogP contribution in [0.1, 0.15) is 19.4 Å². The van der Waals surface area contributed by atoms with Gasteiger partial charge < -0.3 is 14.2 Å². The molecule has 7 nitrogen and oxygen atoms in total. The van der Waals surface area contributed by atoms with Crippen molar-refractivity contribution in [2.45, 2.75) is 20.5 Å². The van der Waals surface area contributed by atoms with E-state index in [0.717, 1.165) is 14.2 Å². The zero-order valence-electron chi connectivity index (χ0n) is 15.7. The van der Waals surface area contributed by atoms with Crippen molar-refractivity contribution in [3.05, 3.63) is 45.9 Å². The molecule has 0 bridgehead atoms. The van der Waals surface area contributed by atoms with Crippen LogP contribution >= 0.6 is 11.6 Å². The molecule has 0 N–H and O–H groups in total. The molecule has 150 valence electrons. The van der Waals surface area contributed by atoms with Crippen LogP contribution in [0.4, 0.5) is 4.39 Å². The fourth-order valence-corrected chi connectivity index (χ4v) is 3.22. The van der Waals surface area contributed by atoms with E-state index in [9.17, 15) is 18.8 Å². The molecular formula is C19H19ClFNO6. The highest BCUT2D eigenvalue weighted by Crippen LogP contribution is 2.34. The number of methoxy groups -OCH3 is 2. The Balaban J connectivity index is 2.40. The van der Waals surface area contributed by atoms with Crippen LogP contribution in [0.2, 0.25) is 5.02 Å². The number of rotatable bonds is 5. The second kappa shape index (κ2) is 8.97. The number of esters is 3. The van der Waals surface area contributed by atoms with E-state index < -0.39 is 42.2 Å². The quantitative estimate of drug-likeness (QED) is 0.546. The van der Waals surface area contributed by atoms with Crippen LogP contribution < -0.4 is 0 Å². The predicted octanol–water partition coefficient (Wildman–Crippen LogP) is 2.85. The number of nitrogens with zero attached hydrogens (tertiary/aromatic N) is 1. The Labute approximate surface area is 166 Å². The minimum atomic E-state index is -1.34. The van der Waals surface area contributed by atoms with Crippen molar-refractivity contribution < 1.29 is 33.0 Å². The first-order valence-electron chi connectivity index (χ1n) is 8.24. The van der Waals surface area contributed by atoms with E-state index in [1.165, 1.54) is 32.0 Å². The summed E-state index contributed by atoms with van der Waals surface area (Å²) >= 11 is 5.94. The molecule has 0 saturated carbocycles. The molecule has 1 aliphatic heterocycles. The molecule has 1 aliphatic rings. The Kier molecular flexibility index (Phi) is 6.90. The highest BCUT2D eigenvalue weighted by Gasteiger charge is 2.46. The van der Waals surface area contributed by atoms with E-state index in [1.54, 1.807) is 0 Å². The normalized spacial score (nSPS) is 19.0. The van der Waals surface area contributed by atoms with Crippen LogP contribution in [0.3, 0.4) is 0 Å². The number of benzene rings is 1. The highest BCUT2D eigenvalue weighted by atomic mass is 35.5. The lowest BCUT2D eigenvalue weighted by Crippen LogP contribution is -2.42. The molecule has 0 radical (unpaired) electrons. The van der Waals surface area contributed by atoms with Gasteiger partial charge in [0.1, 0.15) is 24.3 Å². The molecule has 0 saturated heterocycles. The van der Waals surface area contributed by atoms with Crippen molar-refractivity contribution >= 4 is 35.2 Å². The molecule has 2 rings (SSSR count). The molecule has 1 heterocycles. The van der Waals surface area contributed by atoms with Crippen molar-refractivity contribution in [1.29, 1.82) is 0 Å². The van der Waals surface area contributed by atoms with Crippen LogP contribution in [-0.4, -0.2) is 37.8 Å². The number of ether oxygens (including phenoxy) is 3. The van der Waals surface area contributed by atoms with Gasteiger partial charge >= 0.3 is 17.9 Å². The Morgan fingerprint density at radius 2 is 1.79 bits per heavy atom. The average molecular weight is 412 g/mol. The lowest BCUT2D eigenvalue weighted by Gasteiger charge is -2.29. The number of halogens is 2. The third kappa shape index (κ3) is 4.22. The maximum atomic E-state index is 13.9. The monoisotopic (exact) mass is 411 g/mol. The fourth-order valence-electron chi connectivity index (χ4n) is 3.00. The number of carbonyl (C=O) groups excluding carboxylic acids is 3. The summed E-state index contributed by atoms with van der Waals surface area (Å²) in [5.41, 5.74) is 0.361. The average Bonchev–Trinajstić information content (AvgIpc) is 2.65. The summed E-state index contributed by atoms with van der Waals surface area (Å²) in [4.78, 5) is 41.5. The summed E-state index contributed by atoms with van der Waals surface area (Å²) in [7, 11) is 2.29. The predicted molar refractivity (Wildman–Crippen MR) is 98.0 cm³/mol. The van der Waals surface area contributed by atoms with Gasteiger partial charge in [-0.3, -0.25) is 14.6 Å². The maximum Gasteiger partial charge on any atom is 0.336 e. The van der Waals surface area contributed by atoms with E-state index in [0.29, 0.717) is 0 Å². The number of allylic oxidation sites excluding steroid dienone is 1. The minimum Gasteiger partial charge on any atom is -0.468 e. The third-order valence-electron chi connectivity index (χ3n) is 4.36. The maximum absolute atomic E-state index is 13.9. The van der Waals surface area contributed by atoms with Crippen LogP contribution in [-0.2, 0) is 35.2 Å². The summed E-state index contributed by atoms with van der Waals surface area (Å²) in [6, 6.07) is 4.04. The first-order valence-corrected chi connectivity index (χ1v) is 8.62. The Morgan fingerprint density at radius 3 is 2.36 bits per heavy atom. The van der Waals surface area contributed by atoms with Gasteiger partial charge in [0.25, 0.3) is 0 Å². The first kappa shape index (κ1) is 21.6. The fraction of sp³-hybridized carbons (Fsp3) is 0.368. The van der Waals surface area contributed by atoms with Gasteiger partial charge in [-0.15, -0.1) is 0 Å². The van der Waals surface area contributed by atoms with Crippen molar-refractivity contribution in [2.24, 2.45) is 16.8 Å². The van der Waals surface area contributed by atoms with Gasteiger partial charge in [-0.05, 0) is 26.0 Å². The Morgan fingerprint density at radius 1 is 1.11 bits per heavy atom. The Bertz CT molecular complexity index is 859. The lowest BCUT2D eigenvalue weighted by atomic mass is 9.80. The summed E-state index contributed by atoms with van der Waals surface area (Å²) in [6.45, 7) is 2.57. The van der Waals surface area contributed by atoms with Crippen molar-refractivity contribution in [1.82, 2.24) is 0 Å². The molecule has 9 heteroatoms. The van der Waals surface area contributed by atoms with Crippen molar-refractivity contribution in [3.8, 4) is 0 Å². The van der Waals surface area contributed by atoms with Gasteiger partial charge in [0.2, 0.25) is 0 Å². The van der Waals surface area contributed by atoms with Crippen LogP contribution in [0.15, 0.2) is 34.5 Å². The van der Waals surface area contributed by atoms with Crippen molar-refractivity contribution in [2.75, 3.05) is 14.2 Å². The molecule has 0 fully saturated rings. The van der Waals surface area contributed by atoms with Crippen molar-refractivity contribution in [3.63, 3.8) is 0 Å². The van der Waals surface area contributed by atoms with Crippen LogP contribution in [0.25, 0.3) is 0 Å². The van der Waals surface area contributed by atoms with Gasteiger partial charge in [0.05, 0.1) is 24.8 Å². The number of aliphatic imine (C=N–C) groups is 1. The minimum absolute atomic E-state index is 0.0198. The van der Waals surface area contributed by atoms with E-state index in [1.807, 2.05) is 0 Å². The van der Waals surface area contributed by atoms with E-state index in [-0.39, 0.29) is 27.6 Å². The zero-order chi connectivity index (χ0) is 21.0. The summed E-state index contributed by atoms with van der Waals surface area (Å²) in [5, 5.41) is 0.0821. The highest BCUT2D eigenvalue weighted by molar-refractivity contribution is 6.31. The molecule has 28 heavy (non-hydrogen) atoms. The SMILES string of the molecule is COC(=O)C1=C(C)N=C(C)C(C(=O)OC)[C@@H]1C(=O)OCc1c(F)cccc1Cl. The van der Waals surface area contributed by atoms with E-state index >= 15 is 0 Å².